The second kappa shape index (κ2) is 12.9. The average Bonchev–Trinajstić information content (AvgIpc) is 3.53. The first-order valence-electron chi connectivity index (χ1n) is 12.5. The van der Waals surface area contributed by atoms with Crippen LogP contribution in [0.25, 0.3) is 20.8 Å². The van der Waals surface area contributed by atoms with Crippen molar-refractivity contribution in [1.29, 1.82) is 0 Å². The van der Waals surface area contributed by atoms with Crippen molar-refractivity contribution in [1.82, 2.24) is 14.5 Å². The molecule has 0 aliphatic carbocycles. The molecule has 188 valence electrons. The summed E-state index contributed by atoms with van der Waals surface area (Å²) in [4.78, 5) is 31.1. The second-order valence-corrected chi connectivity index (χ2v) is 9.90. The fraction of sp³-hybridized carbons (Fsp3) is 0.370. The summed E-state index contributed by atoms with van der Waals surface area (Å²) in [5, 5.41) is 14.8. The van der Waals surface area contributed by atoms with Crippen molar-refractivity contribution in [3.05, 3.63) is 71.0 Å². The second-order valence-electron chi connectivity index (χ2n) is 8.87. The highest BCUT2D eigenvalue weighted by molar-refractivity contribution is 7.21. The number of rotatable bonds is 14. The monoisotopic (exact) mass is 505 g/mol. The normalized spacial score (nSPS) is 11.1. The Balaban J connectivity index is 1.05. The fourth-order valence-corrected chi connectivity index (χ4v) is 5.16. The van der Waals surface area contributed by atoms with Gasteiger partial charge in [-0.15, -0.1) is 11.3 Å². The van der Waals surface area contributed by atoms with Gasteiger partial charge in [-0.1, -0.05) is 55.6 Å². The third-order valence-corrected chi connectivity index (χ3v) is 7.20. The predicted molar refractivity (Wildman–Crippen MR) is 144 cm³/mol. The molecule has 0 unspecified atom stereocenters. The van der Waals surface area contributed by atoms with E-state index in [0.29, 0.717) is 13.0 Å². The number of aryl methyl sites for hydroxylation is 1. The summed E-state index contributed by atoms with van der Waals surface area (Å²) in [6.07, 6.45) is 12.1. The summed E-state index contributed by atoms with van der Waals surface area (Å²) in [6.45, 7) is 0.635. The van der Waals surface area contributed by atoms with Crippen molar-refractivity contribution in [3.63, 3.8) is 0 Å². The van der Waals surface area contributed by atoms with Crippen molar-refractivity contribution < 1.29 is 9.72 Å². The van der Waals surface area contributed by atoms with Crippen molar-refractivity contribution in [2.45, 2.75) is 64.3 Å². The SMILES string of the molecule is O=C(CCCCCCCCCCn1ccnc1[N+](=O)[O-])Nc1ccc(-c2nc3ccccc3s2)cc1. The standard InChI is InChI=1S/C27H31N5O3S/c33-25(13-7-5-3-1-2-4-6-10-19-31-20-18-28-27(31)32(34)35)29-22-16-14-21(15-17-22)26-30-23-11-8-9-12-24(23)36-26/h8-9,11-12,14-18,20H,1-7,10,13,19H2,(H,29,33). The van der Waals surface area contributed by atoms with Gasteiger partial charge in [-0.25, -0.2) is 9.55 Å². The number of anilines is 1. The van der Waals surface area contributed by atoms with Crippen LogP contribution in [0.2, 0.25) is 0 Å². The minimum atomic E-state index is -0.443. The lowest BCUT2D eigenvalue weighted by Gasteiger charge is -2.06. The van der Waals surface area contributed by atoms with Gasteiger partial charge in [0.1, 0.15) is 17.4 Å². The largest absolute Gasteiger partial charge is 0.434 e. The maximum absolute atomic E-state index is 12.3. The van der Waals surface area contributed by atoms with Gasteiger partial charge in [0.25, 0.3) is 0 Å². The zero-order chi connectivity index (χ0) is 25.2. The summed E-state index contributed by atoms with van der Waals surface area (Å²) in [5.74, 6) is -0.0307. The number of hydrogen-bond donors (Lipinski definition) is 1. The Morgan fingerprint density at radius 2 is 1.64 bits per heavy atom. The molecule has 4 aromatic rings. The Kier molecular flexibility index (Phi) is 9.15. The molecule has 0 radical (unpaired) electrons. The van der Waals surface area contributed by atoms with Crippen molar-refractivity contribution >= 4 is 39.1 Å². The van der Waals surface area contributed by atoms with E-state index in [-0.39, 0.29) is 11.9 Å². The molecule has 9 heteroatoms. The van der Waals surface area contributed by atoms with Gasteiger partial charge in [0.2, 0.25) is 5.91 Å². The fourth-order valence-electron chi connectivity index (χ4n) is 4.19. The van der Waals surface area contributed by atoms with Gasteiger partial charge >= 0.3 is 5.95 Å². The van der Waals surface area contributed by atoms with Crippen LogP contribution in [0.3, 0.4) is 0 Å². The highest BCUT2D eigenvalue weighted by Gasteiger charge is 2.13. The summed E-state index contributed by atoms with van der Waals surface area (Å²) in [6, 6.07) is 16.0. The molecule has 0 aliphatic rings. The third kappa shape index (κ3) is 7.21. The number of imidazole rings is 1. The van der Waals surface area contributed by atoms with E-state index >= 15 is 0 Å². The van der Waals surface area contributed by atoms with Crippen LogP contribution < -0.4 is 5.32 Å². The molecule has 2 heterocycles. The number of amides is 1. The lowest BCUT2D eigenvalue weighted by Crippen LogP contribution is -2.10. The van der Waals surface area contributed by atoms with E-state index in [1.807, 2.05) is 42.5 Å². The third-order valence-electron chi connectivity index (χ3n) is 6.12. The molecule has 4 rings (SSSR count). The Morgan fingerprint density at radius 1 is 0.944 bits per heavy atom. The summed E-state index contributed by atoms with van der Waals surface area (Å²) < 4.78 is 2.77. The molecule has 0 fully saturated rings. The molecular weight excluding hydrogens is 474 g/mol. The molecule has 0 aliphatic heterocycles. The summed E-state index contributed by atoms with van der Waals surface area (Å²) in [7, 11) is 0. The number of para-hydroxylation sites is 1. The minimum Gasteiger partial charge on any atom is -0.390 e. The van der Waals surface area contributed by atoms with Crippen LogP contribution in [0.4, 0.5) is 11.6 Å². The van der Waals surface area contributed by atoms with Crippen LogP contribution in [-0.2, 0) is 11.3 Å². The molecule has 0 atom stereocenters. The number of benzene rings is 2. The van der Waals surface area contributed by atoms with Gasteiger partial charge in [0.15, 0.2) is 0 Å². The van der Waals surface area contributed by atoms with Crippen molar-refractivity contribution in [3.8, 4) is 10.6 Å². The zero-order valence-electron chi connectivity index (χ0n) is 20.3. The van der Waals surface area contributed by atoms with Gasteiger partial charge in [0.05, 0.1) is 16.8 Å². The lowest BCUT2D eigenvalue weighted by atomic mass is 10.1. The number of carbonyl (C=O) groups excluding carboxylic acids is 1. The number of nitrogens with one attached hydrogen (secondary N) is 1. The van der Waals surface area contributed by atoms with Gasteiger partial charge in [-0.05, 0) is 54.2 Å². The maximum atomic E-state index is 12.3. The van der Waals surface area contributed by atoms with E-state index in [1.54, 1.807) is 22.1 Å². The first-order chi connectivity index (χ1) is 17.6. The average molecular weight is 506 g/mol. The van der Waals surface area contributed by atoms with Crippen molar-refractivity contribution in [2.75, 3.05) is 5.32 Å². The molecule has 36 heavy (non-hydrogen) atoms. The van der Waals surface area contributed by atoms with Crippen LogP contribution in [-0.4, -0.2) is 25.4 Å². The van der Waals surface area contributed by atoms with Crippen LogP contribution in [0.1, 0.15) is 57.8 Å². The van der Waals surface area contributed by atoms with Crippen LogP contribution in [0.5, 0.6) is 0 Å². The maximum Gasteiger partial charge on any atom is 0.434 e. The quantitative estimate of drug-likeness (QED) is 0.111. The van der Waals surface area contributed by atoms with E-state index in [0.717, 1.165) is 73.1 Å². The zero-order valence-corrected chi connectivity index (χ0v) is 21.1. The number of fused-ring (bicyclic) bond motifs is 1. The molecular formula is C27H31N5O3S. The van der Waals surface area contributed by atoms with E-state index in [1.165, 1.54) is 10.9 Å². The highest BCUT2D eigenvalue weighted by Crippen LogP contribution is 2.30. The van der Waals surface area contributed by atoms with E-state index in [9.17, 15) is 14.9 Å². The Labute approximate surface area is 214 Å². The first kappa shape index (κ1) is 25.5. The van der Waals surface area contributed by atoms with Gasteiger partial charge < -0.3 is 15.4 Å². The highest BCUT2D eigenvalue weighted by atomic mass is 32.1. The molecule has 0 bridgehead atoms. The molecule has 0 spiro atoms. The minimum absolute atomic E-state index is 0.0522. The van der Waals surface area contributed by atoms with E-state index in [4.69, 9.17) is 0 Å². The van der Waals surface area contributed by atoms with Crippen LogP contribution in [0, 0.1) is 10.1 Å². The molecule has 8 nitrogen and oxygen atoms in total. The van der Waals surface area contributed by atoms with Gasteiger partial charge in [-0.3, -0.25) is 4.79 Å². The molecule has 1 amide bonds. The Bertz CT molecular complexity index is 1250. The number of aromatic nitrogens is 3. The molecule has 0 saturated carbocycles. The number of carbonyl (C=O) groups is 1. The molecule has 1 N–H and O–H groups in total. The number of unbranched alkanes of at least 4 members (excludes halogenated alkanes) is 7. The number of nitrogens with zero attached hydrogens (tertiary/aromatic N) is 4. The lowest BCUT2D eigenvalue weighted by molar-refractivity contribution is -0.396. The molecule has 0 saturated heterocycles. The smallest absolute Gasteiger partial charge is 0.390 e. The first-order valence-corrected chi connectivity index (χ1v) is 13.3. The van der Waals surface area contributed by atoms with Gasteiger partial charge in [-0.2, -0.15) is 0 Å². The Morgan fingerprint density at radius 3 is 2.36 bits per heavy atom. The Hall–Kier alpha value is -3.59. The topological polar surface area (TPSA) is 103 Å². The van der Waals surface area contributed by atoms with Crippen LogP contribution in [0.15, 0.2) is 60.9 Å². The number of hydrogen-bond acceptors (Lipinski definition) is 6. The summed E-state index contributed by atoms with van der Waals surface area (Å²) in [5.41, 5.74) is 2.87. The number of thiazole rings is 1. The van der Waals surface area contributed by atoms with Crippen LogP contribution >= 0.6 is 11.3 Å². The van der Waals surface area contributed by atoms with Crippen molar-refractivity contribution in [2.24, 2.45) is 0 Å². The predicted octanol–water partition coefficient (Wildman–Crippen LogP) is 7.22. The van der Waals surface area contributed by atoms with Gasteiger partial charge in [0, 0.05) is 17.7 Å². The molecule has 2 aromatic carbocycles. The number of nitro groups is 1. The van der Waals surface area contributed by atoms with E-state index < -0.39 is 4.92 Å². The molecule has 2 aromatic heterocycles. The van der Waals surface area contributed by atoms with E-state index in [2.05, 4.69) is 21.4 Å². The summed E-state index contributed by atoms with van der Waals surface area (Å²) >= 11 is 1.67.